The normalized spacial score (nSPS) is 15.1. The van der Waals surface area contributed by atoms with Gasteiger partial charge in [0, 0.05) is 30.2 Å². The van der Waals surface area contributed by atoms with Crippen molar-refractivity contribution in [2.45, 2.75) is 12.8 Å². The maximum absolute atomic E-state index is 12.5. The smallest absolute Gasteiger partial charge is 0.271 e. The van der Waals surface area contributed by atoms with Crippen molar-refractivity contribution in [1.29, 1.82) is 0 Å². The minimum Gasteiger partial charge on any atom is -0.293 e. The van der Waals surface area contributed by atoms with E-state index in [2.05, 4.69) is 15.8 Å². The standard InChI is InChI=1S/C18H16N4O3S3/c23-15(20-21-16(24)12-4-1-7-19-11-12)6-2-8-22-17(25)14(28-18(22)26)10-13-5-3-9-27-13/h1,3-5,7,9-11H,2,6,8H2,(H,20,23)(H,21,24)/b14-10-. The SMILES string of the molecule is O=C(CCCN1C(=O)/C(=C/c2cccs2)SC1=S)NNC(=O)c1cccnc1. The molecule has 0 bridgehead atoms. The van der Waals surface area contributed by atoms with E-state index in [0.29, 0.717) is 27.8 Å². The summed E-state index contributed by atoms with van der Waals surface area (Å²) < 4.78 is 0.484. The first kappa shape index (κ1) is 20.2. The molecular weight excluding hydrogens is 416 g/mol. The molecule has 2 N–H and O–H groups in total. The van der Waals surface area contributed by atoms with E-state index in [-0.39, 0.29) is 18.2 Å². The van der Waals surface area contributed by atoms with Gasteiger partial charge in [0.05, 0.1) is 10.5 Å². The molecular formula is C18H16N4O3S3. The van der Waals surface area contributed by atoms with Gasteiger partial charge in [-0.1, -0.05) is 30.0 Å². The zero-order chi connectivity index (χ0) is 19.9. The van der Waals surface area contributed by atoms with Crippen LogP contribution in [0.3, 0.4) is 0 Å². The van der Waals surface area contributed by atoms with Crippen LogP contribution in [0.4, 0.5) is 0 Å². The number of hydrogen-bond acceptors (Lipinski definition) is 7. The third-order valence-corrected chi connectivity index (χ3v) is 5.91. The van der Waals surface area contributed by atoms with Gasteiger partial charge in [-0.25, -0.2) is 0 Å². The Labute approximate surface area is 175 Å². The fraction of sp³-hybridized carbons (Fsp3) is 0.167. The highest BCUT2D eigenvalue weighted by atomic mass is 32.2. The van der Waals surface area contributed by atoms with E-state index in [4.69, 9.17) is 12.2 Å². The average molecular weight is 433 g/mol. The van der Waals surface area contributed by atoms with Crippen LogP contribution in [0.1, 0.15) is 28.1 Å². The Balaban J connectivity index is 1.43. The van der Waals surface area contributed by atoms with Crippen molar-refractivity contribution in [2.75, 3.05) is 6.54 Å². The molecule has 1 aliphatic rings. The average Bonchev–Trinajstić information content (AvgIpc) is 3.30. The van der Waals surface area contributed by atoms with Crippen molar-refractivity contribution >= 4 is 63.4 Å². The van der Waals surface area contributed by atoms with Gasteiger partial charge < -0.3 is 0 Å². The molecule has 3 rings (SSSR count). The second-order valence-electron chi connectivity index (χ2n) is 5.70. The number of thiophene rings is 1. The zero-order valence-electron chi connectivity index (χ0n) is 14.6. The molecule has 0 spiro atoms. The first-order valence-electron chi connectivity index (χ1n) is 8.32. The van der Waals surface area contributed by atoms with Gasteiger partial charge in [0.2, 0.25) is 5.91 Å². The molecule has 28 heavy (non-hydrogen) atoms. The lowest BCUT2D eigenvalue weighted by molar-refractivity contribution is -0.124. The molecule has 3 heterocycles. The van der Waals surface area contributed by atoms with Crippen LogP contribution in [0.2, 0.25) is 0 Å². The molecule has 0 atom stereocenters. The van der Waals surface area contributed by atoms with Crippen LogP contribution in [0, 0.1) is 0 Å². The van der Waals surface area contributed by atoms with E-state index >= 15 is 0 Å². The van der Waals surface area contributed by atoms with Gasteiger partial charge in [0.15, 0.2) is 0 Å². The highest BCUT2D eigenvalue weighted by Crippen LogP contribution is 2.33. The molecule has 144 valence electrons. The van der Waals surface area contributed by atoms with Crippen LogP contribution in [-0.2, 0) is 9.59 Å². The number of nitrogens with one attached hydrogen (secondary N) is 2. The topological polar surface area (TPSA) is 91.4 Å². The number of aromatic nitrogens is 1. The maximum atomic E-state index is 12.5. The highest BCUT2D eigenvalue weighted by Gasteiger charge is 2.31. The summed E-state index contributed by atoms with van der Waals surface area (Å²) in [6.45, 7) is 0.344. The zero-order valence-corrected chi connectivity index (χ0v) is 17.0. The van der Waals surface area contributed by atoms with E-state index < -0.39 is 5.91 Å². The molecule has 0 aromatic carbocycles. The van der Waals surface area contributed by atoms with Gasteiger partial charge >= 0.3 is 0 Å². The van der Waals surface area contributed by atoms with Gasteiger partial charge in [-0.15, -0.1) is 11.3 Å². The third kappa shape index (κ3) is 5.24. The van der Waals surface area contributed by atoms with E-state index in [1.54, 1.807) is 29.7 Å². The number of thiocarbonyl (C=S) groups is 1. The van der Waals surface area contributed by atoms with E-state index in [9.17, 15) is 14.4 Å². The summed E-state index contributed by atoms with van der Waals surface area (Å²) in [5.74, 6) is -0.942. The molecule has 1 saturated heterocycles. The van der Waals surface area contributed by atoms with Gasteiger partial charge in [0.1, 0.15) is 4.32 Å². The number of rotatable bonds is 6. The lowest BCUT2D eigenvalue weighted by Gasteiger charge is -2.14. The number of carbonyl (C=O) groups is 3. The van der Waals surface area contributed by atoms with Gasteiger partial charge in [-0.2, -0.15) is 0 Å². The summed E-state index contributed by atoms with van der Waals surface area (Å²) in [7, 11) is 0. The number of hydrazine groups is 1. The first-order chi connectivity index (χ1) is 13.5. The molecule has 3 amide bonds. The van der Waals surface area contributed by atoms with Crippen molar-refractivity contribution < 1.29 is 14.4 Å². The summed E-state index contributed by atoms with van der Waals surface area (Å²) >= 11 is 8.09. The van der Waals surface area contributed by atoms with Crippen molar-refractivity contribution in [3.63, 3.8) is 0 Å². The predicted octanol–water partition coefficient (Wildman–Crippen LogP) is 2.59. The molecule has 0 radical (unpaired) electrons. The summed E-state index contributed by atoms with van der Waals surface area (Å²) in [5, 5.41) is 1.94. The molecule has 1 fully saturated rings. The lowest BCUT2D eigenvalue weighted by Crippen LogP contribution is -2.42. The van der Waals surface area contributed by atoms with Crippen LogP contribution in [0.25, 0.3) is 6.08 Å². The molecule has 10 heteroatoms. The molecule has 0 unspecified atom stereocenters. The van der Waals surface area contributed by atoms with Gasteiger partial charge in [-0.05, 0) is 36.1 Å². The van der Waals surface area contributed by atoms with Crippen LogP contribution in [0.5, 0.6) is 0 Å². The highest BCUT2D eigenvalue weighted by molar-refractivity contribution is 8.26. The number of thioether (sulfide) groups is 1. The third-order valence-electron chi connectivity index (χ3n) is 3.71. The van der Waals surface area contributed by atoms with Crippen molar-refractivity contribution in [3.05, 3.63) is 57.4 Å². The van der Waals surface area contributed by atoms with E-state index in [1.165, 1.54) is 22.9 Å². The summed E-state index contributed by atoms with van der Waals surface area (Å²) in [4.78, 5) is 43.1. The second-order valence-corrected chi connectivity index (χ2v) is 8.35. The van der Waals surface area contributed by atoms with Crippen LogP contribution in [-0.4, -0.2) is 38.5 Å². The Morgan fingerprint density at radius 2 is 2.11 bits per heavy atom. The van der Waals surface area contributed by atoms with Crippen molar-refractivity contribution in [3.8, 4) is 0 Å². The minimum atomic E-state index is -0.447. The Morgan fingerprint density at radius 1 is 1.25 bits per heavy atom. The summed E-state index contributed by atoms with van der Waals surface area (Å²) in [5.41, 5.74) is 5.02. The maximum Gasteiger partial charge on any atom is 0.271 e. The number of pyridine rings is 1. The molecule has 0 aliphatic carbocycles. The van der Waals surface area contributed by atoms with Crippen molar-refractivity contribution in [1.82, 2.24) is 20.7 Å². The van der Waals surface area contributed by atoms with E-state index in [1.807, 2.05) is 23.6 Å². The van der Waals surface area contributed by atoms with Gasteiger partial charge in [0.25, 0.3) is 11.8 Å². The molecule has 2 aromatic rings. The number of hydrogen-bond donors (Lipinski definition) is 2. The van der Waals surface area contributed by atoms with Crippen LogP contribution >= 0.6 is 35.3 Å². The molecule has 2 aromatic heterocycles. The van der Waals surface area contributed by atoms with Crippen molar-refractivity contribution in [2.24, 2.45) is 0 Å². The summed E-state index contributed by atoms with van der Waals surface area (Å²) in [6.07, 6.45) is 5.35. The van der Waals surface area contributed by atoms with E-state index in [0.717, 1.165) is 4.88 Å². The summed E-state index contributed by atoms with van der Waals surface area (Å²) in [6, 6.07) is 7.07. The number of nitrogens with zero attached hydrogens (tertiary/aromatic N) is 2. The lowest BCUT2D eigenvalue weighted by atomic mass is 10.2. The predicted molar refractivity (Wildman–Crippen MR) is 113 cm³/mol. The first-order valence-corrected chi connectivity index (χ1v) is 10.4. The molecule has 7 nitrogen and oxygen atoms in total. The fourth-order valence-electron chi connectivity index (χ4n) is 2.35. The van der Waals surface area contributed by atoms with Gasteiger partial charge in [-0.3, -0.25) is 35.1 Å². The largest absolute Gasteiger partial charge is 0.293 e. The minimum absolute atomic E-state index is 0.145. The quantitative estimate of drug-likeness (QED) is 0.414. The monoisotopic (exact) mass is 432 g/mol. The number of carbonyl (C=O) groups excluding carboxylic acids is 3. The number of amides is 3. The fourth-order valence-corrected chi connectivity index (χ4v) is 4.38. The molecule has 1 aliphatic heterocycles. The van der Waals surface area contributed by atoms with Crippen LogP contribution < -0.4 is 10.9 Å². The molecule has 0 saturated carbocycles. The Hall–Kier alpha value is -2.56. The van der Waals surface area contributed by atoms with Crippen LogP contribution in [0.15, 0.2) is 46.9 Å². The Kier molecular flexibility index (Phi) is 6.90. The Bertz CT molecular complexity index is 913. The Morgan fingerprint density at radius 3 is 2.82 bits per heavy atom. The second kappa shape index (κ2) is 9.58.